The van der Waals surface area contributed by atoms with Crippen LogP contribution >= 0.6 is 0 Å². The van der Waals surface area contributed by atoms with Crippen LogP contribution in [0.3, 0.4) is 0 Å². The van der Waals surface area contributed by atoms with Gasteiger partial charge in [-0.1, -0.05) is 36.4 Å². The zero-order valence-electron chi connectivity index (χ0n) is 18.6. The van der Waals surface area contributed by atoms with Crippen LogP contribution < -0.4 is 11.4 Å². The molecule has 0 radical (unpaired) electrons. The van der Waals surface area contributed by atoms with E-state index < -0.39 is 54.0 Å². The molecule has 2 N–H and O–H groups in total. The number of carbonyl (C=O) groups excluding carboxylic acids is 2. The number of nitrogens with two attached hydrogens (primary N) is 1. The van der Waals surface area contributed by atoms with E-state index in [1.54, 1.807) is 60.7 Å². The molecule has 0 saturated carbocycles. The first-order chi connectivity index (χ1) is 16.8. The molecule has 4 rings (SSSR count). The van der Waals surface area contributed by atoms with Gasteiger partial charge in [-0.2, -0.15) is 4.98 Å². The second kappa shape index (κ2) is 10.0. The molecule has 2 aromatic carbocycles. The fourth-order valence-electron chi connectivity index (χ4n) is 3.65. The van der Waals surface area contributed by atoms with Gasteiger partial charge >= 0.3 is 17.6 Å². The first-order valence-corrected chi connectivity index (χ1v) is 10.6. The number of ether oxygens (including phenoxy) is 4. The Morgan fingerprint density at radius 2 is 1.71 bits per heavy atom. The molecule has 11 heteroatoms. The third kappa shape index (κ3) is 5.05. The van der Waals surface area contributed by atoms with Gasteiger partial charge in [0.05, 0.1) is 17.3 Å². The summed E-state index contributed by atoms with van der Waals surface area (Å²) in [7, 11) is 1.27. The van der Waals surface area contributed by atoms with Crippen LogP contribution in [-0.4, -0.2) is 47.1 Å². The lowest BCUT2D eigenvalue weighted by Crippen LogP contribution is -2.48. The van der Waals surface area contributed by atoms with E-state index in [9.17, 15) is 18.8 Å². The van der Waals surface area contributed by atoms with Crippen molar-refractivity contribution in [2.75, 3.05) is 19.5 Å². The quantitative estimate of drug-likeness (QED) is 0.503. The molecule has 2 heterocycles. The number of hydrogen-bond acceptors (Lipinski definition) is 9. The second-order valence-electron chi connectivity index (χ2n) is 7.69. The lowest BCUT2D eigenvalue weighted by atomic mass is 10.1. The monoisotopic (exact) mass is 483 g/mol. The van der Waals surface area contributed by atoms with Crippen molar-refractivity contribution < 1.29 is 32.9 Å². The molecule has 10 nitrogen and oxygen atoms in total. The molecule has 3 atom stereocenters. The number of anilines is 1. The molecule has 3 aromatic rings. The summed E-state index contributed by atoms with van der Waals surface area (Å²) in [5.41, 5.74) is 5.04. The molecule has 1 saturated heterocycles. The van der Waals surface area contributed by atoms with E-state index in [0.29, 0.717) is 0 Å². The largest absolute Gasteiger partial charge is 0.456 e. The summed E-state index contributed by atoms with van der Waals surface area (Å²) in [6.07, 6.45) is -1.58. The Labute approximate surface area is 199 Å². The number of esters is 2. The number of nitrogen functional groups attached to an aromatic ring is 1. The summed E-state index contributed by atoms with van der Waals surface area (Å²) in [6, 6.07) is 16.4. The van der Waals surface area contributed by atoms with Gasteiger partial charge in [0, 0.05) is 13.5 Å². The summed E-state index contributed by atoms with van der Waals surface area (Å²) >= 11 is 0. The average molecular weight is 483 g/mol. The molecule has 0 bridgehead atoms. The lowest BCUT2D eigenvalue weighted by molar-refractivity contribution is -0.269. The zero-order valence-corrected chi connectivity index (χ0v) is 18.6. The van der Waals surface area contributed by atoms with E-state index in [0.717, 1.165) is 10.8 Å². The van der Waals surface area contributed by atoms with Gasteiger partial charge in [0.15, 0.2) is 17.7 Å². The highest BCUT2D eigenvalue weighted by Gasteiger charge is 2.54. The van der Waals surface area contributed by atoms with Crippen LogP contribution in [0.5, 0.6) is 0 Å². The maximum absolute atomic E-state index is 14.1. The minimum atomic E-state index is -1.79. The lowest BCUT2D eigenvalue weighted by Gasteiger charge is -2.31. The Bertz CT molecular complexity index is 1270. The molecule has 0 aliphatic carbocycles. The summed E-state index contributed by atoms with van der Waals surface area (Å²) in [4.78, 5) is 41.1. The number of hydrogen-bond donors (Lipinski definition) is 1. The van der Waals surface area contributed by atoms with E-state index in [2.05, 4.69) is 4.98 Å². The molecule has 1 aliphatic heterocycles. The maximum Gasteiger partial charge on any atom is 0.351 e. The summed E-state index contributed by atoms with van der Waals surface area (Å²) in [5, 5.41) is 0. The molecular weight excluding hydrogens is 461 g/mol. The minimum absolute atomic E-state index is 0.125. The van der Waals surface area contributed by atoms with Crippen LogP contribution in [0, 0.1) is 5.82 Å². The molecular formula is C24H22FN3O7. The molecule has 182 valence electrons. The van der Waals surface area contributed by atoms with E-state index in [4.69, 9.17) is 24.7 Å². The highest BCUT2D eigenvalue weighted by atomic mass is 19.1. The summed E-state index contributed by atoms with van der Waals surface area (Å²) in [5.74, 6) is -4.65. The van der Waals surface area contributed by atoms with Crippen LogP contribution in [0.4, 0.5) is 10.2 Å². The van der Waals surface area contributed by atoms with Crippen molar-refractivity contribution in [1.82, 2.24) is 9.55 Å². The highest BCUT2D eigenvalue weighted by Crippen LogP contribution is 2.39. The van der Waals surface area contributed by atoms with Crippen molar-refractivity contribution in [3.8, 4) is 0 Å². The Hall–Kier alpha value is -4.09. The fraction of sp³-hybridized carbons (Fsp3) is 0.250. The Balaban J connectivity index is 1.63. The second-order valence-corrected chi connectivity index (χ2v) is 7.69. The predicted molar refractivity (Wildman–Crippen MR) is 120 cm³/mol. The molecule has 35 heavy (non-hydrogen) atoms. The van der Waals surface area contributed by atoms with Gasteiger partial charge in [0.25, 0.3) is 0 Å². The maximum atomic E-state index is 14.1. The van der Waals surface area contributed by atoms with Crippen LogP contribution in [0.25, 0.3) is 0 Å². The Morgan fingerprint density at radius 3 is 2.31 bits per heavy atom. The highest BCUT2D eigenvalue weighted by molar-refractivity contribution is 5.90. The standard InChI is InChI=1S/C24H22FN3O7/c1-32-24(14-33-21(29)15-8-4-2-5-9-15)18(34-22(30)16-10-6-3-7-11-16)12-19(35-24)28-13-17(25)20(26)27-23(28)31/h2-11,13,18-19H,12,14H2,1H3,(H2,26,27,31). The van der Waals surface area contributed by atoms with Crippen LogP contribution in [0.2, 0.25) is 0 Å². The van der Waals surface area contributed by atoms with Crippen LogP contribution in [0.1, 0.15) is 33.4 Å². The number of nitrogens with zero attached hydrogens (tertiary/aromatic N) is 2. The van der Waals surface area contributed by atoms with Gasteiger partial charge in [-0.25, -0.2) is 18.8 Å². The van der Waals surface area contributed by atoms with Gasteiger partial charge in [0.1, 0.15) is 12.8 Å². The topological polar surface area (TPSA) is 132 Å². The number of methoxy groups -OCH3 is 1. The van der Waals surface area contributed by atoms with Crippen LogP contribution in [-0.2, 0) is 18.9 Å². The smallest absolute Gasteiger partial charge is 0.351 e. The Morgan fingerprint density at radius 1 is 1.11 bits per heavy atom. The van der Waals surface area contributed by atoms with Crippen molar-refractivity contribution in [3.63, 3.8) is 0 Å². The number of carbonyl (C=O) groups is 2. The first-order valence-electron chi connectivity index (χ1n) is 10.6. The number of aromatic nitrogens is 2. The molecule has 1 aliphatic rings. The summed E-state index contributed by atoms with van der Waals surface area (Å²) in [6.45, 7) is -0.486. The Kier molecular flexibility index (Phi) is 6.90. The van der Waals surface area contributed by atoms with Gasteiger partial charge in [-0.05, 0) is 24.3 Å². The number of halogens is 1. The molecule has 0 amide bonds. The third-order valence-electron chi connectivity index (χ3n) is 5.50. The number of rotatable bonds is 7. The van der Waals surface area contributed by atoms with Crippen molar-refractivity contribution in [1.29, 1.82) is 0 Å². The van der Waals surface area contributed by atoms with E-state index in [1.807, 2.05) is 0 Å². The molecule has 3 unspecified atom stereocenters. The van der Waals surface area contributed by atoms with E-state index in [1.165, 1.54) is 7.11 Å². The average Bonchev–Trinajstić information content (AvgIpc) is 3.24. The van der Waals surface area contributed by atoms with E-state index in [-0.39, 0.29) is 17.5 Å². The van der Waals surface area contributed by atoms with E-state index >= 15 is 0 Å². The van der Waals surface area contributed by atoms with Gasteiger partial charge < -0.3 is 24.7 Å². The van der Waals surface area contributed by atoms with Gasteiger partial charge in [-0.3, -0.25) is 4.57 Å². The SMILES string of the molecule is COC1(COC(=O)c2ccccc2)OC(n2cc(F)c(N)nc2=O)CC1OC(=O)c1ccccc1. The normalized spacial score (nSPS) is 21.4. The minimum Gasteiger partial charge on any atom is -0.456 e. The summed E-state index contributed by atoms with van der Waals surface area (Å²) < 4.78 is 37.5. The van der Waals surface area contributed by atoms with Crippen molar-refractivity contribution in [3.05, 3.63) is 94.3 Å². The first kappa shape index (κ1) is 24.0. The van der Waals surface area contributed by atoms with Gasteiger partial charge in [0.2, 0.25) is 5.79 Å². The fourth-order valence-corrected chi connectivity index (χ4v) is 3.65. The van der Waals surface area contributed by atoms with Crippen molar-refractivity contribution in [2.24, 2.45) is 0 Å². The molecule has 0 spiro atoms. The van der Waals surface area contributed by atoms with Gasteiger partial charge in [-0.15, -0.1) is 0 Å². The molecule has 1 aromatic heterocycles. The van der Waals surface area contributed by atoms with Crippen LogP contribution in [0.15, 0.2) is 71.7 Å². The van der Waals surface area contributed by atoms with Crippen molar-refractivity contribution >= 4 is 17.8 Å². The zero-order chi connectivity index (χ0) is 25.0. The third-order valence-corrected chi connectivity index (χ3v) is 5.50. The predicted octanol–water partition coefficient (Wildman–Crippen LogP) is 2.31. The molecule has 1 fully saturated rings. The number of benzene rings is 2. The van der Waals surface area contributed by atoms with Crippen molar-refractivity contribution in [2.45, 2.75) is 24.5 Å².